The summed E-state index contributed by atoms with van der Waals surface area (Å²) in [5.74, 6) is 2.73. The summed E-state index contributed by atoms with van der Waals surface area (Å²) in [6.45, 7) is 4.60. The van der Waals surface area contributed by atoms with E-state index in [2.05, 4.69) is 27.4 Å². The van der Waals surface area contributed by atoms with Crippen molar-refractivity contribution in [3.63, 3.8) is 0 Å². The standard InChI is InChI=1S/C22H24N4O3S/c1-4-12-30-22-24-21-19(25-26-22)15-8-6-7-9-16(15)23-20(29-21)14-10-11-17(27-3)18(13-14)28-5-2/h6-11,13,20,23H,4-5,12H2,1-3H3/t20-/m1/s1. The molecule has 156 valence electrons. The third kappa shape index (κ3) is 4.14. The summed E-state index contributed by atoms with van der Waals surface area (Å²) in [5, 5.41) is 12.8. The van der Waals surface area contributed by atoms with Crippen LogP contribution in [0.25, 0.3) is 11.3 Å². The van der Waals surface area contributed by atoms with Gasteiger partial charge < -0.3 is 19.5 Å². The van der Waals surface area contributed by atoms with Crippen LogP contribution in [-0.2, 0) is 0 Å². The van der Waals surface area contributed by atoms with E-state index in [-0.39, 0.29) is 0 Å². The van der Waals surface area contributed by atoms with Gasteiger partial charge in [0.05, 0.1) is 13.7 Å². The summed E-state index contributed by atoms with van der Waals surface area (Å²) in [6.07, 6.45) is 0.559. The number of nitrogens with zero attached hydrogens (tertiary/aromatic N) is 3. The van der Waals surface area contributed by atoms with Crippen LogP contribution in [0, 0.1) is 0 Å². The molecule has 7 nitrogen and oxygen atoms in total. The average Bonchev–Trinajstić information content (AvgIpc) is 2.94. The molecule has 8 heteroatoms. The number of fused-ring (bicyclic) bond motifs is 3. The van der Waals surface area contributed by atoms with E-state index in [1.807, 2.05) is 49.4 Å². The fourth-order valence-electron chi connectivity index (χ4n) is 3.18. The zero-order valence-corrected chi connectivity index (χ0v) is 18.0. The average molecular weight is 425 g/mol. The summed E-state index contributed by atoms with van der Waals surface area (Å²) in [6, 6.07) is 13.7. The minimum atomic E-state index is -0.474. The first-order chi connectivity index (χ1) is 14.7. The highest BCUT2D eigenvalue weighted by atomic mass is 32.2. The van der Waals surface area contributed by atoms with Crippen molar-refractivity contribution in [3.8, 4) is 28.6 Å². The number of para-hydroxylation sites is 1. The number of aromatic nitrogens is 3. The molecule has 0 fully saturated rings. The SMILES string of the molecule is CCCSc1nnc2c(n1)O[C@H](c1ccc(OC)c(OCC)c1)Nc1ccccc1-2. The van der Waals surface area contributed by atoms with Gasteiger partial charge in [-0.05, 0) is 37.6 Å². The van der Waals surface area contributed by atoms with Gasteiger partial charge in [-0.2, -0.15) is 4.98 Å². The van der Waals surface area contributed by atoms with Gasteiger partial charge in [-0.15, -0.1) is 10.2 Å². The van der Waals surface area contributed by atoms with Crippen molar-refractivity contribution in [2.45, 2.75) is 31.7 Å². The zero-order valence-electron chi connectivity index (χ0n) is 17.2. The Balaban J connectivity index is 1.76. The Morgan fingerprint density at radius 2 is 1.97 bits per heavy atom. The Kier molecular flexibility index (Phi) is 6.23. The molecule has 1 aliphatic heterocycles. The van der Waals surface area contributed by atoms with Crippen molar-refractivity contribution in [3.05, 3.63) is 48.0 Å². The number of benzene rings is 2. The summed E-state index contributed by atoms with van der Waals surface area (Å²) < 4.78 is 17.5. The maximum atomic E-state index is 6.32. The van der Waals surface area contributed by atoms with Gasteiger partial charge >= 0.3 is 0 Å². The number of hydrogen-bond donors (Lipinski definition) is 1. The number of thioether (sulfide) groups is 1. The lowest BCUT2D eigenvalue weighted by Crippen LogP contribution is -2.17. The second-order valence-electron chi connectivity index (χ2n) is 6.63. The van der Waals surface area contributed by atoms with Crippen LogP contribution < -0.4 is 19.5 Å². The maximum Gasteiger partial charge on any atom is 0.247 e. The monoisotopic (exact) mass is 424 g/mol. The first-order valence-corrected chi connectivity index (χ1v) is 10.9. The Morgan fingerprint density at radius 3 is 2.77 bits per heavy atom. The molecule has 0 bridgehead atoms. The van der Waals surface area contributed by atoms with Gasteiger partial charge in [-0.1, -0.05) is 36.9 Å². The molecular weight excluding hydrogens is 400 g/mol. The van der Waals surface area contributed by atoms with Gasteiger partial charge in [0.1, 0.15) is 0 Å². The molecule has 4 rings (SSSR count). The molecule has 0 spiro atoms. The second kappa shape index (κ2) is 9.21. The lowest BCUT2D eigenvalue weighted by Gasteiger charge is -2.20. The molecule has 3 aromatic rings. The minimum Gasteiger partial charge on any atom is -0.493 e. The largest absolute Gasteiger partial charge is 0.493 e. The van der Waals surface area contributed by atoms with Gasteiger partial charge in [0.25, 0.3) is 0 Å². The Morgan fingerprint density at radius 1 is 1.10 bits per heavy atom. The second-order valence-corrected chi connectivity index (χ2v) is 7.69. The topological polar surface area (TPSA) is 78.4 Å². The predicted molar refractivity (Wildman–Crippen MR) is 117 cm³/mol. The van der Waals surface area contributed by atoms with Crippen LogP contribution in [0.15, 0.2) is 47.6 Å². The van der Waals surface area contributed by atoms with E-state index in [0.717, 1.165) is 29.0 Å². The van der Waals surface area contributed by atoms with Crippen LogP contribution in [0.2, 0.25) is 0 Å². The van der Waals surface area contributed by atoms with Crippen molar-refractivity contribution in [1.29, 1.82) is 0 Å². The van der Waals surface area contributed by atoms with E-state index in [1.54, 1.807) is 18.9 Å². The number of hydrogen-bond acceptors (Lipinski definition) is 8. The van der Waals surface area contributed by atoms with Crippen LogP contribution in [0.5, 0.6) is 17.4 Å². The highest BCUT2D eigenvalue weighted by molar-refractivity contribution is 7.99. The first-order valence-electron chi connectivity index (χ1n) is 9.94. The van der Waals surface area contributed by atoms with Crippen molar-refractivity contribution >= 4 is 17.4 Å². The lowest BCUT2D eigenvalue weighted by atomic mass is 10.1. The van der Waals surface area contributed by atoms with Gasteiger partial charge in [0.15, 0.2) is 23.4 Å². The molecule has 0 saturated heterocycles. The molecule has 2 heterocycles. The third-order valence-electron chi connectivity index (χ3n) is 4.56. The van der Waals surface area contributed by atoms with E-state index < -0.39 is 6.23 Å². The number of nitrogens with one attached hydrogen (secondary N) is 1. The van der Waals surface area contributed by atoms with E-state index in [9.17, 15) is 0 Å². The molecule has 1 aliphatic rings. The summed E-state index contributed by atoms with van der Waals surface area (Å²) >= 11 is 1.57. The Hall–Kier alpha value is -3.00. The predicted octanol–water partition coefficient (Wildman–Crippen LogP) is 4.95. The smallest absolute Gasteiger partial charge is 0.247 e. The molecule has 0 amide bonds. The van der Waals surface area contributed by atoms with E-state index in [0.29, 0.717) is 34.8 Å². The van der Waals surface area contributed by atoms with Crippen molar-refractivity contribution < 1.29 is 14.2 Å². The summed E-state index contributed by atoms with van der Waals surface area (Å²) in [4.78, 5) is 4.65. The third-order valence-corrected chi connectivity index (χ3v) is 5.60. The van der Waals surface area contributed by atoms with Crippen LogP contribution in [0.3, 0.4) is 0 Å². The van der Waals surface area contributed by atoms with Crippen LogP contribution in [-0.4, -0.2) is 34.7 Å². The van der Waals surface area contributed by atoms with Gasteiger partial charge in [-0.25, -0.2) is 0 Å². The lowest BCUT2D eigenvalue weighted by molar-refractivity contribution is 0.224. The van der Waals surface area contributed by atoms with Gasteiger partial charge in [-0.3, -0.25) is 0 Å². The van der Waals surface area contributed by atoms with Gasteiger partial charge in [0, 0.05) is 22.6 Å². The number of ether oxygens (including phenoxy) is 3. The molecule has 0 radical (unpaired) electrons. The van der Waals surface area contributed by atoms with E-state index in [4.69, 9.17) is 14.2 Å². The number of rotatable bonds is 7. The fourth-order valence-corrected chi connectivity index (χ4v) is 3.81. The zero-order chi connectivity index (χ0) is 20.9. The molecule has 2 aromatic carbocycles. The molecule has 0 aliphatic carbocycles. The Labute approximate surface area is 180 Å². The molecule has 0 unspecified atom stereocenters. The molecule has 1 N–H and O–H groups in total. The normalized spacial score (nSPS) is 14.6. The Bertz CT molecular complexity index is 1030. The fraction of sp³-hybridized carbons (Fsp3) is 0.318. The van der Waals surface area contributed by atoms with E-state index in [1.165, 1.54) is 0 Å². The van der Waals surface area contributed by atoms with Crippen molar-refractivity contribution in [2.24, 2.45) is 0 Å². The molecular formula is C22H24N4O3S. The van der Waals surface area contributed by atoms with Crippen LogP contribution >= 0.6 is 11.8 Å². The van der Waals surface area contributed by atoms with Crippen molar-refractivity contribution in [2.75, 3.05) is 24.8 Å². The first kappa shape index (κ1) is 20.3. The molecule has 30 heavy (non-hydrogen) atoms. The summed E-state index contributed by atoms with van der Waals surface area (Å²) in [7, 11) is 1.63. The van der Waals surface area contributed by atoms with E-state index >= 15 is 0 Å². The molecule has 1 atom stereocenters. The minimum absolute atomic E-state index is 0.458. The number of methoxy groups -OCH3 is 1. The maximum absolute atomic E-state index is 6.32. The van der Waals surface area contributed by atoms with Crippen molar-refractivity contribution in [1.82, 2.24) is 15.2 Å². The van der Waals surface area contributed by atoms with Crippen LogP contribution in [0.1, 0.15) is 32.1 Å². The molecule has 0 saturated carbocycles. The van der Waals surface area contributed by atoms with Crippen LogP contribution in [0.4, 0.5) is 5.69 Å². The molecule has 1 aromatic heterocycles. The summed E-state index contributed by atoms with van der Waals surface area (Å²) in [5.41, 5.74) is 3.32. The van der Waals surface area contributed by atoms with Gasteiger partial charge in [0.2, 0.25) is 11.0 Å². The quantitative estimate of drug-likeness (QED) is 0.534. The number of anilines is 1. The highest BCUT2D eigenvalue weighted by Gasteiger charge is 2.26. The highest BCUT2D eigenvalue weighted by Crippen LogP contribution is 2.40.